The molecule has 1 unspecified atom stereocenters. The highest BCUT2D eigenvalue weighted by atomic mass is 79.9. The quantitative estimate of drug-likeness (QED) is 0.476. The number of methoxy groups -OCH3 is 1. The van der Waals surface area contributed by atoms with Gasteiger partial charge in [0.2, 0.25) is 0 Å². The molecule has 100 valence electrons. The fraction of sp³-hybridized carbons (Fsp3) is 0.143. The van der Waals surface area contributed by atoms with Crippen LogP contribution in [0.4, 0.5) is 0 Å². The summed E-state index contributed by atoms with van der Waals surface area (Å²) in [5, 5.41) is 0.697. The summed E-state index contributed by atoms with van der Waals surface area (Å²) in [7, 11) is 1.67. The van der Waals surface area contributed by atoms with Crippen LogP contribution in [0.3, 0.4) is 0 Å². The van der Waals surface area contributed by atoms with Gasteiger partial charge in [-0.1, -0.05) is 59.4 Å². The van der Waals surface area contributed by atoms with Crippen molar-refractivity contribution in [2.75, 3.05) is 7.11 Å². The summed E-state index contributed by atoms with van der Waals surface area (Å²) in [4.78, 5) is 0.00921. The third kappa shape index (κ3) is 3.75. The van der Waals surface area contributed by atoms with Crippen LogP contribution >= 0.6 is 59.4 Å². The van der Waals surface area contributed by atoms with E-state index in [1.54, 1.807) is 7.11 Å². The van der Waals surface area contributed by atoms with Crippen LogP contribution in [0.25, 0.3) is 0 Å². The average Bonchev–Trinajstić information content (AvgIpc) is 2.36. The minimum atomic E-state index is 0.00921. The van der Waals surface area contributed by atoms with E-state index in [4.69, 9.17) is 16.3 Å². The van der Waals surface area contributed by atoms with Gasteiger partial charge in [0, 0.05) is 19.5 Å². The molecule has 0 amide bonds. The molecule has 0 aromatic heterocycles. The zero-order valence-electron chi connectivity index (χ0n) is 9.96. The van der Waals surface area contributed by atoms with Crippen molar-refractivity contribution in [1.29, 1.82) is 0 Å². The molecule has 1 nitrogen and oxygen atoms in total. The summed E-state index contributed by atoms with van der Waals surface area (Å²) in [6.45, 7) is 0. The average molecular weight is 469 g/mol. The van der Waals surface area contributed by atoms with E-state index in [0.717, 1.165) is 25.8 Å². The zero-order chi connectivity index (χ0) is 14.0. The lowest BCUT2D eigenvalue weighted by molar-refractivity contribution is 0.410. The van der Waals surface area contributed by atoms with Gasteiger partial charge in [-0.25, -0.2) is 0 Å². The minimum absolute atomic E-state index is 0.00921. The van der Waals surface area contributed by atoms with Crippen molar-refractivity contribution in [3.63, 3.8) is 0 Å². The van der Waals surface area contributed by atoms with Crippen LogP contribution < -0.4 is 4.74 Å². The fourth-order valence-electron chi connectivity index (χ4n) is 1.80. The van der Waals surface area contributed by atoms with Gasteiger partial charge in [-0.2, -0.15) is 0 Å². The van der Waals surface area contributed by atoms with Crippen molar-refractivity contribution in [3.8, 4) is 5.75 Å². The normalized spacial score (nSPS) is 12.3. The Balaban J connectivity index is 2.48. The number of alkyl halides is 1. The Morgan fingerprint density at radius 1 is 1.05 bits per heavy atom. The summed E-state index contributed by atoms with van der Waals surface area (Å²) < 4.78 is 7.37. The second-order valence-electron chi connectivity index (χ2n) is 3.95. The molecule has 0 fully saturated rings. The number of rotatable bonds is 3. The van der Waals surface area contributed by atoms with Crippen molar-refractivity contribution in [2.24, 2.45) is 0 Å². The molecule has 0 spiro atoms. The summed E-state index contributed by atoms with van der Waals surface area (Å²) in [6, 6.07) is 11.8. The van der Waals surface area contributed by atoms with Gasteiger partial charge in [0.15, 0.2) is 0 Å². The summed E-state index contributed by atoms with van der Waals surface area (Å²) in [5.74, 6) is 0.834. The van der Waals surface area contributed by atoms with Crippen LogP contribution in [0.1, 0.15) is 16.0 Å². The number of hydrogen-bond donors (Lipinski definition) is 0. The largest absolute Gasteiger partial charge is 0.496 e. The molecule has 0 saturated heterocycles. The Labute approximate surface area is 142 Å². The van der Waals surface area contributed by atoms with E-state index < -0.39 is 0 Å². The highest BCUT2D eigenvalue weighted by molar-refractivity contribution is 9.11. The monoisotopic (exact) mass is 466 g/mol. The molecule has 0 aliphatic rings. The summed E-state index contributed by atoms with van der Waals surface area (Å²) in [6.07, 6.45) is 0. The van der Waals surface area contributed by atoms with Crippen LogP contribution in [-0.2, 0) is 0 Å². The lowest BCUT2D eigenvalue weighted by Gasteiger charge is -2.16. The van der Waals surface area contributed by atoms with E-state index in [9.17, 15) is 0 Å². The molecule has 1 atom stereocenters. The first kappa shape index (κ1) is 15.4. The highest BCUT2D eigenvalue weighted by Gasteiger charge is 2.16. The molecule has 2 aromatic carbocycles. The molecule has 0 saturated carbocycles. The number of ether oxygens (including phenoxy) is 1. The molecule has 19 heavy (non-hydrogen) atoms. The lowest BCUT2D eigenvalue weighted by Crippen LogP contribution is -1.97. The SMILES string of the molecule is COc1ccc(Br)cc1C(Br)c1cc(Cl)cc(Br)c1. The van der Waals surface area contributed by atoms with Crippen LogP contribution in [0.5, 0.6) is 5.75 Å². The van der Waals surface area contributed by atoms with Gasteiger partial charge in [-0.05, 0) is 42.0 Å². The summed E-state index contributed by atoms with van der Waals surface area (Å²) in [5.41, 5.74) is 2.11. The fourth-order valence-corrected chi connectivity index (χ4v) is 3.69. The Kier molecular flexibility index (Phi) is 5.35. The first-order valence-electron chi connectivity index (χ1n) is 5.44. The molecule has 2 rings (SSSR count). The third-order valence-electron chi connectivity index (χ3n) is 2.64. The predicted molar refractivity (Wildman–Crippen MR) is 90.6 cm³/mol. The molecule has 0 heterocycles. The zero-order valence-corrected chi connectivity index (χ0v) is 15.5. The van der Waals surface area contributed by atoms with E-state index in [1.807, 2.05) is 36.4 Å². The van der Waals surface area contributed by atoms with Gasteiger partial charge in [0.05, 0.1) is 11.9 Å². The molecule has 0 N–H and O–H groups in total. The standard InChI is InChI=1S/C14H10Br3ClO/c1-19-13-3-2-9(15)7-12(13)14(17)8-4-10(16)6-11(18)5-8/h2-7,14H,1H3. The van der Waals surface area contributed by atoms with Gasteiger partial charge < -0.3 is 4.74 Å². The molecule has 2 aromatic rings. The van der Waals surface area contributed by atoms with Crippen LogP contribution in [-0.4, -0.2) is 7.11 Å². The van der Waals surface area contributed by atoms with Crippen LogP contribution in [0, 0.1) is 0 Å². The molecular weight excluding hydrogens is 459 g/mol. The Hall–Kier alpha value is -0.0300. The van der Waals surface area contributed by atoms with Crippen molar-refractivity contribution >= 4 is 59.4 Å². The van der Waals surface area contributed by atoms with E-state index in [2.05, 4.69) is 47.8 Å². The van der Waals surface area contributed by atoms with Crippen molar-refractivity contribution in [3.05, 3.63) is 61.5 Å². The molecule has 0 bridgehead atoms. The molecule has 0 radical (unpaired) electrons. The number of halogens is 4. The Morgan fingerprint density at radius 2 is 1.79 bits per heavy atom. The molecule has 0 aliphatic heterocycles. The first-order chi connectivity index (χ1) is 9.01. The van der Waals surface area contributed by atoms with Crippen molar-refractivity contribution < 1.29 is 4.74 Å². The van der Waals surface area contributed by atoms with Crippen LogP contribution in [0.2, 0.25) is 5.02 Å². The van der Waals surface area contributed by atoms with Crippen molar-refractivity contribution in [1.82, 2.24) is 0 Å². The minimum Gasteiger partial charge on any atom is -0.496 e. The van der Waals surface area contributed by atoms with Gasteiger partial charge in [0.25, 0.3) is 0 Å². The number of benzene rings is 2. The van der Waals surface area contributed by atoms with Gasteiger partial charge >= 0.3 is 0 Å². The van der Waals surface area contributed by atoms with Crippen molar-refractivity contribution in [2.45, 2.75) is 4.83 Å². The lowest BCUT2D eigenvalue weighted by atomic mass is 10.0. The third-order valence-corrected chi connectivity index (χ3v) is 4.83. The second kappa shape index (κ2) is 6.61. The maximum atomic E-state index is 6.10. The number of hydrogen-bond acceptors (Lipinski definition) is 1. The highest BCUT2D eigenvalue weighted by Crippen LogP contribution is 2.39. The Morgan fingerprint density at radius 3 is 2.42 bits per heavy atom. The topological polar surface area (TPSA) is 9.23 Å². The molecule has 0 aliphatic carbocycles. The smallest absolute Gasteiger partial charge is 0.123 e. The van der Waals surface area contributed by atoms with E-state index in [-0.39, 0.29) is 4.83 Å². The van der Waals surface area contributed by atoms with Crippen LogP contribution in [0.15, 0.2) is 45.3 Å². The molecule has 5 heteroatoms. The second-order valence-corrected chi connectivity index (χ2v) is 7.14. The van der Waals surface area contributed by atoms with E-state index in [1.165, 1.54) is 0 Å². The Bertz CT molecular complexity index is 581. The van der Waals surface area contributed by atoms with Gasteiger partial charge in [-0.15, -0.1) is 0 Å². The van der Waals surface area contributed by atoms with E-state index >= 15 is 0 Å². The van der Waals surface area contributed by atoms with Gasteiger partial charge in [-0.3, -0.25) is 0 Å². The van der Waals surface area contributed by atoms with Gasteiger partial charge in [0.1, 0.15) is 5.75 Å². The maximum absolute atomic E-state index is 6.10. The van der Waals surface area contributed by atoms with E-state index in [0.29, 0.717) is 5.02 Å². The summed E-state index contributed by atoms with van der Waals surface area (Å²) >= 11 is 16.7. The maximum Gasteiger partial charge on any atom is 0.123 e. The first-order valence-corrected chi connectivity index (χ1v) is 8.32. The predicted octanol–water partition coefficient (Wildman–Crippen LogP) is 6.36. The molecular formula is C14H10Br3ClO.